The second kappa shape index (κ2) is 9.66. The summed E-state index contributed by atoms with van der Waals surface area (Å²) in [5.41, 5.74) is 3.56. The van der Waals surface area contributed by atoms with Crippen LogP contribution in [0.2, 0.25) is 5.02 Å². The molecule has 4 rings (SSSR count). The van der Waals surface area contributed by atoms with Crippen LogP contribution in [0.15, 0.2) is 42.5 Å². The van der Waals surface area contributed by atoms with Gasteiger partial charge >= 0.3 is 0 Å². The number of aliphatic hydroxyl groups is 1. The molecule has 0 saturated heterocycles. The van der Waals surface area contributed by atoms with Crippen molar-refractivity contribution in [3.63, 3.8) is 0 Å². The summed E-state index contributed by atoms with van der Waals surface area (Å²) in [4.78, 5) is 29.4. The van der Waals surface area contributed by atoms with Crippen molar-refractivity contribution in [2.24, 2.45) is 7.05 Å². The van der Waals surface area contributed by atoms with Gasteiger partial charge in [0.15, 0.2) is 5.69 Å². The minimum absolute atomic E-state index is 0.271. The number of imidazole rings is 1. The first kappa shape index (κ1) is 23.5. The van der Waals surface area contributed by atoms with Crippen molar-refractivity contribution < 1.29 is 14.7 Å². The number of nitrogens with zero attached hydrogens (tertiary/aromatic N) is 3. The summed E-state index contributed by atoms with van der Waals surface area (Å²) < 4.78 is 1.73. The third-order valence-electron chi connectivity index (χ3n) is 5.71. The third kappa shape index (κ3) is 4.52. The number of H-pyrrole nitrogens is 1. The van der Waals surface area contributed by atoms with E-state index in [0.717, 1.165) is 11.1 Å². The molecule has 34 heavy (non-hydrogen) atoms. The zero-order chi connectivity index (χ0) is 24.4. The number of aromatic nitrogens is 4. The maximum atomic E-state index is 12.9. The van der Waals surface area contributed by atoms with Crippen LogP contribution in [-0.2, 0) is 7.05 Å². The molecule has 1 atom stereocenters. The van der Waals surface area contributed by atoms with Crippen molar-refractivity contribution >= 4 is 34.3 Å². The van der Waals surface area contributed by atoms with E-state index in [1.165, 1.54) is 0 Å². The Hall–Kier alpha value is -3.69. The van der Waals surface area contributed by atoms with Crippen molar-refractivity contribution in [1.29, 1.82) is 0 Å². The molecule has 0 spiro atoms. The van der Waals surface area contributed by atoms with E-state index in [-0.39, 0.29) is 11.8 Å². The first-order chi connectivity index (χ1) is 16.3. The summed E-state index contributed by atoms with van der Waals surface area (Å²) in [6.45, 7) is 2.07. The molecule has 2 aromatic heterocycles. The molecule has 2 amide bonds. The number of rotatable bonds is 7. The van der Waals surface area contributed by atoms with Crippen molar-refractivity contribution in [3.8, 4) is 11.4 Å². The SMILES string of the molecule is CNC(=O)c1n[nH]c2cc(-c3nc(C)c(C(=O)NCCC(O)c4ccc(Cl)cc4)n3C)ccc12. The number of aliphatic hydroxyl groups excluding tert-OH is 1. The summed E-state index contributed by atoms with van der Waals surface area (Å²) >= 11 is 5.89. The summed E-state index contributed by atoms with van der Waals surface area (Å²) in [7, 11) is 3.33. The standard InChI is InChI=1S/C24H25ClN6O3/c1-13-21(24(34)27-11-10-19(32)14-4-7-16(25)8-5-14)31(3)22(28-13)15-6-9-17-18(12-15)29-30-20(17)23(33)26-2/h4-9,12,19,32H,10-11H2,1-3H3,(H,26,33)(H,27,34)(H,29,30). The molecule has 0 aliphatic carbocycles. The number of aromatic amines is 1. The first-order valence-electron chi connectivity index (χ1n) is 10.8. The van der Waals surface area contributed by atoms with E-state index in [2.05, 4.69) is 25.8 Å². The van der Waals surface area contributed by atoms with Gasteiger partial charge in [-0.15, -0.1) is 0 Å². The Morgan fingerprint density at radius 2 is 1.91 bits per heavy atom. The van der Waals surface area contributed by atoms with Crippen LogP contribution in [0.4, 0.5) is 0 Å². The summed E-state index contributed by atoms with van der Waals surface area (Å²) in [5.74, 6) is 0.0698. The fraction of sp³-hybridized carbons (Fsp3) is 0.250. The number of hydrogen-bond donors (Lipinski definition) is 4. The summed E-state index contributed by atoms with van der Waals surface area (Å²) in [6, 6.07) is 12.5. The molecule has 10 heteroatoms. The maximum Gasteiger partial charge on any atom is 0.272 e. The average molecular weight is 481 g/mol. The topological polar surface area (TPSA) is 125 Å². The fourth-order valence-corrected chi connectivity index (χ4v) is 4.04. The lowest BCUT2D eigenvalue weighted by molar-refractivity contribution is 0.0931. The molecular weight excluding hydrogens is 456 g/mol. The first-order valence-corrected chi connectivity index (χ1v) is 11.1. The molecule has 0 radical (unpaired) electrons. The van der Waals surface area contributed by atoms with Gasteiger partial charge in [-0.25, -0.2) is 4.98 Å². The fourth-order valence-electron chi connectivity index (χ4n) is 3.92. The second-order valence-electron chi connectivity index (χ2n) is 7.95. The van der Waals surface area contributed by atoms with Crippen LogP contribution < -0.4 is 10.6 Å². The Kier molecular flexibility index (Phi) is 6.67. The van der Waals surface area contributed by atoms with Crippen molar-refractivity contribution in [2.45, 2.75) is 19.4 Å². The van der Waals surface area contributed by atoms with E-state index in [0.29, 0.717) is 51.8 Å². The third-order valence-corrected chi connectivity index (χ3v) is 5.96. The zero-order valence-corrected chi connectivity index (χ0v) is 19.8. The molecule has 0 aliphatic rings. The van der Waals surface area contributed by atoms with Crippen LogP contribution in [0.25, 0.3) is 22.3 Å². The van der Waals surface area contributed by atoms with E-state index < -0.39 is 6.10 Å². The predicted molar refractivity (Wildman–Crippen MR) is 130 cm³/mol. The molecule has 9 nitrogen and oxygen atoms in total. The smallest absolute Gasteiger partial charge is 0.272 e. The van der Waals surface area contributed by atoms with Crippen LogP contribution >= 0.6 is 11.6 Å². The van der Waals surface area contributed by atoms with Crippen LogP contribution in [0.1, 0.15) is 44.8 Å². The van der Waals surface area contributed by atoms with Gasteiger partial charge in [-0.3, -0.25) is 14.7 Å². The van der Waals surface area contributed by atoms with E-state index in [1.54, 1.807) is 55.9 Å². The number of amides is 2. The minimum Gasteiger partial charge on any atom is -0.388 e. The van der Waals surface area contributed by atoms with Gasteiger partial charge in [0, 0.05) is 36.6 Å². The molecule has 1 unspecified atom stereocenters. The van der Waals surface area contributed by atoms with Crippen molar-refractivity contribution in [3.05, 3.63) is 70.1 Å². The number of hydrogen-bond acceptors (Lipinski definition) is 5. The Morgan fingerprint density at radius 3 is 2.62 bits per heavy atom. The van der Waals surface area contributed by atoms with Gasteiger partial charge in [0.2, 0.25) is 0 Å². The van der Waals surface area contributed by atoms with Crippen LogP contribution in [0.5, 0.6) is 0 Å². The normalized spacial score (nSPS) is 12.0. The summed E-state index contributed by atoms with van der Waals surface area (Å²) in [5, 5.41) is 24.1. The molecule has 4 N–H and O–H groups in total. The number of benzene rings is 2. The van der Waals surface area contributed by atoms with Crippen molar-refractivity contribution in [2.75, 3.05) is 13.6 Å². The Balaban J connectivity index is 1.49. The Morgan fingerprint density at radius 1 is 1.18 bits per heavy atom. The molecular formula is C24H25ClN6O3. The molecule has 2 aromatic carbocycles. The lowest BCUT2D eigenvalue weighted by Gasteiger charge is -2.12. The Labute approximate surface area is 201 Å². The lowest BCUT2D eigenvalue weighted by atomic mass is 10.1. The number of carbonyl (C=O) groups excluding carboxylic acids is 2. The molecule has 0 aliphatic heterocycles. The number of halogens is 1. The van der Waals surface area contributed by atoms with Gasteiger partial charge in [0.05, 0.1) is 17.3 Å². The van der Waals surface area contributed by atoms with E-state index in [9.17, 15) is 14.7 Å². The van der Waals surface area contributed by atoms with E-state index >= 15 is 0 Å². The van der Waals surface area contributed by atoms with Crippen LogP contribution in [0, 0.1) is 6.92 Å². The quantitative estimate of drug-likeness (QED) is 0.323. The predicted octanol–water partition coefficient (Wildman–Crippen LogP) is 3.14. The van der Waals surface area contributed by atoms with E-state index in [4.69, 9.17) is 11.6 Å². The van der Waals surface area contributed by atoms with Crippen LogP contribution in [-0.4, -0.2) is 50.3 Å². The zero-order valence-electron chi connectivity index (χ0n) is 19.0. The molecule has 0 saturated carbocycles. The summed E-state index contributed by atoms with van der Waals surface area (Å²) in [6.07, 6.45) is -0.344. The minimum atomic E-state index is -0.707. The van der Waals surface area contributed by atoms with Crippen LogP contribution in [0.3, 0.4) is 0 Å². The highest BCUT2D eigenvalue weighted by molar-refractivity contribution is 6.30. The Bertz CT molecular complexity index is 1360. The lowest BCUT2D eigenvalue weighted by Crippen LogP contribution is -2.28. The molecule has 4 aromatic rings. The van der Waals surface area contributed by atoms with Gasteiger partial charge in [0.1, 0.15) is 11.5 Å². The molecule has 0 fully saturated rings. The van der Waals surface area contributed by atoms with Gasteiger partial charge in [-0.05, 0) is 43.2 Å². The largest absolute Gasteiger partial charge is 0.388 e. The average Bonchev–Trinajstić information content (AvgIpc) is 3.38. The molecule has 2 heterocycles. The number of aryl methyl sites for hydroxylation is 1. The maximum absolute atomic E-state index is 12.9. The number of fused-ring (bicyclic) bond motifs is 1. The molecule has 176 valence electrons. The van der Waals surface area contributed by atoms with E-state index in [1.807, 2.05) is 12.1 Å². The second-order valence-corrected chi connectivity index (χ2v) is 8.39. The number of nitrogens with one attached hydrogen (secondary N) is 3. The van der Waals surface area contributed by atoms with Crippen molar-refractivity contribution in [1.82, 2.24) is 30.4 Å². The van der Waals surface area contributed by atoms with Gasteiger partial charge in [0.25, 0.3) is 11.8 Å². The van der Waals surface area contributed by atoms with Gasteiger partial charge in [-0.1, -0.05) is 29.8 Å². The highest BCUT2D eigenvalue weighted by Gasteiger charge is 2.21. The number of carbonyl (C=O) groups is 2. The molecule has 0 bridgehead atoms. The van der Waals surface area contributed by atoms with Gasteiger partial charge in [-0.2, -0.15) is 5.10 Å². The monoisotopic (exact) mass is 480 g/mol. The highest BCUT2D eigenvalue weighted by atomic mass is 35.5. The highest BCUT2D eigenvalue weighted by Crippen LogP contribution is 2.26. The van der Waals surface area contributed by atoms with Gasteiger partial charge < -0.3 is 20.3 Å².